The summed E-state index contributed by atoms with van der Waals surface area (Å²) in [6, 6.07) is 0.259. The van der Waals surface area contributed by atoms with Gasteiger partial charge in [0.25, 0.3) is 0 Å². The van der Waals surface area contributed by atoms with Crippen molar-refractivity contribution >= 4 is 5.91 Å². The molecular weight excluding hydrogens is 176 g/mol. The minimum atomic E-state index is 0.198. The van der Waals surface area contributed by atoms with E-state index in [1.165, 1.54) is 19.3 Å². The van der Waals surface area contributed by atoms with Crippen molar-refractivity contribution in [1.82, 2.24) is 5.32 Å². The van der Waals surface area contributed by atoms with Gasteiger partial charge in [-0.3, -0.25) is 4.79 Å². The van der Waals surface area contributed by atoms with E-state index >= 15 is 0 Å². The molecule has 0 aromatic carbocycles. The van der Waals surface area contributed by atoms with Crippen LogP contribution in [0.25, 0.3) is 0 Å². The summed E-state index contributed by atoms with van der Waals surface area (Å²) in [6.07, 6.45) is 6.78. The topological polar surface area (TPSA) is 55.1 Å². The van der Waals surface area contributed by atoms with Crippen LogP contribution < -0.4 is 11.1 Å². The fourth-order valence-electron chi connectivity index (χ4n) is 2.20. The van der Waals surface area contributed by atoms with Crippen molar-refractivity contribution in [2.24, 2.45) is 17.6 Å². The summed E-state index contributed by atoms with van der Waals surface area (Å²) in [5, 5.41) is 3.02. The Hall–Kier alpha value is -0.570. The molecule has 3 heteroatoms. The highest BCUT2D eigenvalue weighted by molar-refractivity contribution is 5.78. The largest absolute Gasteiger partial charge is 0.356 e. The van der Waals surface area contributed by atoms with Crippen LogP contribution in [0.2, 0.25) is 0 Å². The Bertz CT molecular complexity index is 213. The molecule has 3 nitrogen and oxygen atoms in total. The van der Waals surface area contributed by atoms with Gasteiger partial charge in [-0.25, -0.2) is 0 Å². The molecule has 0 bridgehead atoms. The molecule has 0 heterocycles. The first kappa shape index (κ1) is 9.97. The molecule has 2 saturated carbocycles. The van der Waals surface area contributed by atoms with Crippen LogP contribution >= 0.6 is 0 Å². The average Bonchev–Trinajstić information content (AvgIpc) is 2.87. The smallest absolute Gasteiger partial charge is 0.223 e. The second-order valence-corrected chi connectivity index (χ2v) is 4.79. The number of carbonyl (C=O) groups excluding carboxylic acids is 1. The van der Waals surface area contributed by atoms with E-state index in [0.717, 1.165) is 31.7 Å². The van der Waals surface area contributed by atoms with Crippen molar-refractivity contribution in [3.8, 4) is 0 Å². The molecule has 2 atom stereocenters. The molecule has 2 unspecified atom stereocenters. The Morgan fingerprint density at radius 3 is 2.64 bits per heavy atom. The lowest BCUT2D eigenvalue weighted by atomic mass is 10.1. The van der Waals surface area contributed by atoms with Crippen LogP contribution in [-0.2, 0) is 4.79 Å². The summed E-state index contributed by atoms with van der Waals surface area (Å²) in [5.41, 5.74) is 5.77. The van der Waals surface area contributed by atoms with Crippen molar-refractivity contribution in [3.63, 3.8) is 0 Å². The van der Waals surface area contributed by atoms with Gasteiger partial charge in [0.2, 0.25) is 5.91 Å². The predicted octanol–water partition coefficient (Wildman–Crippen LogP) is 1.03. The fourth-order valence-corrected chi connectivity index (χ4v) is 2.20. The Kier molecular flexibility index (Phi) is 3.06. The van der Waals surface area contributed by atoms with E-state index < -0.39 is 0 Å². The summed E-state index contributed by atoms with van der Waals surface area (Å²) in [7, 11) is 0. The minimum absolute atomic E-state index is 0.198. The number of rotatable bonds is 4. The quantitative estimate of drug-likeness (QED) is 0.705. The lowest BCUT2D eigenvalue weighted by Crippen LogP contribution is -2.31. The molecule has 0 radical (unpaired) electrons. The predicted molar refractivity (Wildman–Crippen MR) is 55.7 cm³/mol. The van der Waals surface area contributed by atoms with Gasteiger partial charge in [-0.15, -0.1) is 0 Å². The minimum Gasteiger partial charge on any atom is -0.356 e. The van der Waals surface area contributed by atoms with E-state index in [-0.39, 0.29) is 17.9 Å². The lowest BCUT2D eigenvalue weighted by Gasteiger charge is -2.10. The number of carbonyl (C=O) groups is 1. The molecule has 1 amide bonds. The van der Waals surface area contributed by atoms with Crippen LogP contribution in [0.4, 0.5) is 0 Å². The SMILES string of the molecule is NC1CCC(C(=O)NCCC2CC2)C1. The zero-order chi connectivity index (χ0) is 9.97. The zero-order valence-electron chi connectivity index (χ0n) is 8.67. The second kappa shape index (κ2) is 4.30. The summed E-state index contributed by atoms with van der Waals surface area (Å²) in [4.78, 5) is 11.6. The third-order valence-electron chi connectivity index (χ3n) is 3.39. The molecule has 0 saturated heterocycles. The van der Waals surface area contributed by atoms with Gasteiger partial charge >= 0.3 is 0 Å². The average molecular weight is 196 g/mol. The van der Waals surface area contributed by atoms with Gasteiger partial charge in [0.05, 0.1) is 0 Å². The lowest BCUT2D eigenvalue weighted by molar-refractivity contribution is -0.124. The van der Waals surface area contributed by atoms with Crippen molar-refractivity contribution in [1.29, 1.82) is 0 Å². The highest BCUT2D eigenvalue weighted by atomic mass is 16.1. The third kappa shape index (κ3) is 2.71. The van der Waals surface area contributed by atoms with Crippen LogP contribution in [0.5, 0.6) is 0 Å². The number of nitrogens with one attached hydrogen (secondary N) is 1. The van der Waals surface area contributed by atoms with Gasteiger partial charge in [0, 0.05) is 18.5 Å². The van der Waals surface area contributed by atoms with Gasteiger partial charge < -0.3 is 11.1 Å². The van der Waals surface area contributed by atoms with Crippen LogP contribution in [0.1, 0.15) is 38.5 Å². The van der Waals surface area contributed by atoms with Gasteiger partial charge in [-0.2, -0.15) is 0 Å². The first-order valence-corrected chi connectivity index (χ1v) is 5.79. The molecule has 0 spiro atoms. The van der Waals surface area contributed by atoms with Crippen LogP contribution in [0.15, 0.2) is 0 Å². The second-order valence-electron chi connectivity index (χ2n) is 4.79. The molecule has 3 N–H and O–H groups in total. The van der Waals surface area contributed by atoms with Crippen LogP contribution in [0, 0.1) is 11.8 Å². The maximum atomic E-state index is 11.6. The van der Waals surface area contributed by atoms with Crippen LogP contribution in [-0.4, -0.2) is 18.5 Å². The molecule has 14 heavy (non-hydrogen) atoms. The van der Waals surface area contributed by atoms with E-state index in [1.807, 2.05) is 0 Å². The van der Waals surface area contributed by atoms with E-state index in [1.54, 1.807) is 0 Å². The molecule has 80 valence electrons. The van der Waals surface area contributed by atoms with Gasteiger partial charge in [-0.05, 0) is 31.6 Å². The van der Waals surface area contributed by atoms with E-state index in [4.69, 9.17) is 5.73 Å². The fraction of sp³-hybridized carbons (Fsp3) is 0.909. The van der Waals surface area contributed by atoms with E-state index in [9.17, 15) is 4.79 Å². The maximum absolute atomic E-state index is 11.6. The standard InChI is InChI=1S/C11H20N2O/c12-10-4-3-9(7-10)11(14)13-6-5-8-1-2-8/h8-10H,1-7,12H2,(H,13,14). The molecule has 2 aliphatic carbocycles. The third-order valence-corrected chi connectivity index (χ3v) is 3.39. The van der Waals surface area contributed by atoms with Gasteiger partial charge in [0.15, 0.2) is 0 Å². The molecule has 0 aromatic rings. The van der Waals surface area contributed by atoms with Crippen molar-refractivity contribution in [3.05, 3.63) is 0 Å². The van der Waals surface area contributed by atoms with Gasteiger partial charge in [-0.1, -0.05) is 12.8 Å². The molecule has 2 aliphatic rings. The van der Waals surface area contributed by atoms with Crippen LogP contribution in [0.3, 0.4) is 0 Å². The summed E-state index contributed by atoms with van der Waals surface area (Å²) < 4.78 is 0. The number of amides is 1. The Labute approximate surface area is 85.4 Å². The first-order valence-electron chi connectivity index (χ1n) is 5.79. The Morgan fingerprint density at radius 2 is 2.07 bits per heavy atom. The van der Waals surface area contributed by atoms with E-state index in [2.05, 4.69) is 5.32 Å². The maximum Gasteiger partial charge on any atom is 0.223 e. The molecule has 2 rings (SSSR count). The summed E-state index contributed by atoms with van der Waals surface area (Å²) in [6.45, 7) is 0.870. The summed E-state index contributed by atoms with van der Waals surface area (Å²) in [5.74, 6) is 1.34. The molecular formula is C11H20N2O. The summed E-state index contributed by atoms with van der Waals surface area (Å²) >= 11 is 0. The molecule has 0 aliphatic heterocycles. The van der Waals surface area contributed by atoms with Crippen molar-refractivity contribution in [2.45, 2.75) is 44.6 Å². The van der Waals surface area contributed by atoms with Crippen molar-refractivity contribution in [2.75, 3.05) is 6.54 Å². The first-order chi connectivity index (χ1) is 6.75. The Balaban J connectivity index is 1.61. The normalized spacial score (nSPS) is 31.8. The number of nitrogens with two attached hydrogens (primary N) is 1. The monoisotopic (exact) mass is 196 g/mol. The number of hydrogen-bond acceptors (Lipinski definition) is 2. The van der Waals surface area contributed by atoms with E-state index in [0.29, 0.717) is 0 Å². The number of hydrogen-bond donors (Lipinski definition) is 2. The molecule has 0 aromatic heterocycles. The highest BCUT2D eigenvalue weighted by Crippen LogP contribution is 2.31. The van der Waals surface area contributed by atoms with Crippen molar-refractivity contribution < 1.29 is 4.79 Å². The molecule has 2 fully saturated rings. The Morgan fingerprint density at radius 1 is 1.29 bits per heavy atom. The zero-order valence-corrected chi connectivity index (χ0v) is 8.67. The van der Waals surface area contributed by atoms with Gasteiger partial charge in [0.1, 0.15) is 0 Å². The highest BCUT2D eigenvalue weighted by Gasteiger charge is 2.28.